The van der Waals surface area contributed by atoms with E-state index in [1.165, 1.54) is 65.9 Å². The number of phenolic OH excluding ortho intramolecular Hbond substituents is 2. The van der Waals surface area contributed by atoms with Crippen LogP contribution in [0.3, 0.4) is 0 Å². The highest BCUT2D eigenvalue weighted by Gasteiger charge is 2.38. The van der Waals surface area contributed by atoms with Gasteiger partial charge < -0.3 is 24.8 Å². The number of aliphatic hydroxyl groups is 1. The van der Waals surface area contributed by atoms with Crippen molar-refractivity contribution in [2.24, 2.45) is 0 Å². The highest BCUT2D eigenvalue weighted by molar-refractivity contribution is 14.2. The van der Waals surface area contributed by atoms with Crippen molar-refractivity contribution >= 4 is 46.1 Å². The van der Waals surface area contributed by atoms with Crippen LogP contribution in [0.5, 0.6) is 23.1 Å². The number of sulfonamides is 1. The highest BCUT2D eigenvalue weighted by atomic mass is 127. The van der Waals surface area contributed by atoms with Crippen LogP contribution in [0.1, 0.15) is 18.6 Å². The quantitative estimate of drug-likeness (QED) is 0.192. The van der Waals surface area contributed by atoms with Gasteiger partial charge in [-0.05, 0) is 36.6 Å². The zero-order chi connectivity index (χ0) is 29.7. The molecule has 0 aliphatic rings. The Bertz CT molecular complexity index is 1650. The molecule has 0 unspecified atom stereocenters. The van der Waals surface area contributed by atoms with E-state index >= 15 is 0 Å². The minimum absolute atomic E-state index is 0.0393. The summed E-state index contributed by atoms with van der Waals surface area (Å²) in [6, 6.07) is 17.5. The first-order valence-electron chi connectivity index (χ1n) is 11.8. The van der Waals surface area contributed by atoms with Crippen molar-refractivity contribution in [1.29, 1.82) is 0 Å². The maximum absolute atomic E-state index is 14.2. The SMILES string of the molecule is COc1cc#cc(-c2nnc(N(/C=C/SI)S(=O)(=O)[C@@H](C)[C@H](O)c3ccccc3OC)n2-c2c(O)cccc2O)n1. The maximum atomic E-state index is 14.2. The number of hydrogen-bond acceptors (Lipinski definition) is 11. The van der Waals surface area contributed by atoms with Crippen LogP contribution in [0.4, 0.5) is 5.95 Å². The molecule has 41 heavy (non-hydrogen) atoms. The molecule has 2 aromatic carbocycles. The number of phenols is 2. The van der Waals surface area contributed by atoms with Crippen LogP contribution in [0.2, 0.25) is 0 Å². The molecule has 214 valence electrons. The Labute approximate surface area is 252 Å². The van der Waals surface area contributed by atoms with E-state index in [9.17, 15) is 23.7 Å². The third-order valence-electron chi connectivity index (χ3n) is 5.98. The van der Waals surface area contributed by atoms with E-state index in [4.69, 9.17) is 9.47 Å². The molecule has 4 aromatic rings. The van der Waals surface area contributed by atoms with E-state index in [0.29, 0.717) is 5.75 Å². The summed E-state index contributed by atoms with van der Waals surface area (Å²) in [7, 11) is -0.457. The normalized spacial score (nSPS) is 13.0. The molecule has 12 nitrogen and oxygen atoms in total. The second-order valence-corrected chi connectivity index (χ2v) is 12.5. The summed E-state index contributed by atoms with van der Waals surface area (Å²) in [4.78, 5) is 4.29. The molecule has 15 heteroatoms. The Morgan fingerprint density at radius 2 is 1.80 bits per heavy atom. The van der Waals surface area contributed by atoms with Crippen LogP contribution in [-0.4, -0.2) is 63.0 Å². The summed E-state index contributed by atoms with van der Waals surface area (Å²) in [5.41, 5.74) is 0.0936. The van der Waals surface area contributed by atoms with Gasteiger partial charge in [0.2, 0.25) is 21.9 Å². The van der Waals surface area contributed by atoms with Gasteiger partial charge in [0.25, 0.3) is 0 Å². The van der Waals surface area contributed by atoms with E-state index in [2.05, 4.69) is 27.3 Å². The first-order chi connectivity index (χ1) is 19.6. The van der Waals surface area contributed by atoms with Crippen LogP contribution in [0.25, 0.3) is 17.2 Å². The molecule has 0 aliphatic carbocycles. The fourth-order valence-electron chi connectivity index (χ4n) is 3.92. The summed E-state index contributed by atoms with van der Waals surface area (Å²) in [6.45, 7) is 1.34. The minimum atomic E-state index is -4.46. The fraction of sp³-hybridized carbons (Fsp3) is 0.192. The van der Waals surface area contributed by atoms with E-state index in [1.807, 2.05) is 21.2 Å². The van der Waals surface area contributed by atoms with Crippen molar-refractivity contribution in [2.75, 3.05) is 18.5 Å². The van der Waals surface area contributed by atoms with E-state index < -0.39 is 32.9 Å². The van der Waals surface area contributed by atoms with Crippen LogP contribution in [0.15, 0.2) is 60.1 Å². The van der Waals surface area contributed by atoms with Gasteiger partial charge in [0.05, 0.1) is 20.3 Å². The van der Waals surface area contributed by atoms with Gasteiger partial charge in [-0.25, -0.2) is 17.7 Å². The first kappa shape index (κ1) is 30.2. The lowest BCUT2D eigenvalue weighted by Gasteiger charge is -2.27. The average molecular weight is 710 g/mol. The van der Waals surface area contributed by atoms with Gasteiger partial charge in [0.1, 0.15) is 34.3 Å². The largest absolute Gasteiger partial charge is 0.506 e. The van der Waals surface area contributed by atoms with Crippen molar-refractivity contribution in [3.05, 3.63) is 77.8 Å². The number of methoxy groups -OCH3 is 2. The maximum Gasteiger partial charge on any atom is 0.250 e. The molecule has 0 aliphatic heterocycles. The van der Waals surface area contributed by atoms with Gasteiger partial charge in [-0.15, -0.1) is 10.2 Å². The topological polar surface area (TPSA) is 160 Å². The van der Waals surface area contributed by atoms with Crippen LogP contribution >= 0.6 is 30.1 Å². The molecule has 4 rings (SSSR count). The molecule has 0 saturated heterocycles. The zero-order valence-electron chi connectivity index (χ0n) is 21.8. The third kappa shape index (κ3) is 6.00. The number of nitrogens with zero attached hydrogens (tertiary/aromatic N) is 5. The lowest BCUT2D eigenvalue weighted by atomic mass is 10.1. The van der Waals surface area contributed by atoms with Gasteiger partial charge in [0.15, 0.2) is 11.5 Å². The van der Waals surface area contributed by atoms with Crippen LogP contribution in [0, 0.1) is 12.1 Å². The Morgan fingerprint density at radius 3 is 2.46 bits per heavy atom. The number of benzene rings is 2. The van der Waals surface area contributed by atoms with Gasteiger partial charge in [-0.1, -0.05) is 39.3 Å². The fourth-order valence-corrected chi connectivity index (χ4v) is 5.97. The van der Waals surface area contributed by atoms with Crippen molar-refractivity contribution in [2.45, 2.75) is 18.3 Å². The van der Waals surface area contributed by atoms with E-state index in [0.717, 1.165) is 8.87 Å². The average Bonchev–Trinajstić information content (AvgIpc) is 3.40. The third-order valence-corrected chi connectivity index (χ3v) is 9.12. The lowest BCUT2D eigenvalue weighted by Crippen LogP contribution is -2.38. The summed E-state index contributed by atoms with van der Waals surface area (Å²) in [5, 5.41) is 41.1. The van der Waals surface area contributed by atoms with Crippen LogP contribution < -0.4 is 13.8 Å². The monoisotopic (exact) mass is 709 g/mol. The zero-order valence-corrected chi connectivity index (χ0v) is 25.6. The molecule has 0 spiro atoms. The summed E-state index contributed by atoms with van der Waals surface area (Å²) in [5.74, 6) is -0.740. The molecule has 3 N–H and O–H groups in total. The van der Waals surface area contributed by atoms with Gasteiger partial charge in [0, 0.05) is 33.0 Å². The van der Waals surface area contributed by atoms with E-state index in [-0.39, 0.29) is 34.6 Å². The van der Waals surface area contributed by atoms with Crippen molar-refractivity contribution < 1.29 is 33.2 Å². The molecule has 0 saturated carbocycles. The first-order valence-corrected chi connectivity index (χ1v) is 16.7. The second kappa shape index (κ2) is 12.9. The van der Waals surface area contributed by atoms with Crippen molar-refractivity contribution in [3.63, 3.8) is 0 Å². The number of para-hydroxylation sites is 2. The summed E-state index contributed by atoms with van der Waals surface area (Å²) >= 11 is 1.96. The Hall–Kier alpha value is -3.72. The molecular weight excluding hydrogens is 685 g/mol. The Kier molecular flexibility index (Phi) is 9.48. The summed E-state index contributed by atoms with van der Waals surface area (Å²) in [6.07, 6.45) is -0.273. The molecule has 0 fully saturated rings. The van der Waals surface area contributed by atoms with Gasteiger partial charge in [-0.3, -0.25) is 4.57 Å². The molecule has 0 amide bonds. The predicted molar refractivity (Wildman–Crippen MR) is 162 cm³/mol. The van der Waals surface area contributed by atoms with Crippen molar-refractivity contribution in [3.8, 4) is 40.3 Å². The molecule has 0 bridgehead atoms. The molecule has 2 atom stereocenters. The van der Waals surface area contributed by atoms with E-state index in [1.54, 1.807) is 24.3 Å². The molecule has 2 aromatic heterocycles. The Balaban J connectivity index is 1.95. The highest BCUT2D eigenvalue weighted by Crippen LogP contribution is 2.39. The number of aromatic hydroxyl groups is 2. The standard InChI is InChI=1S/C26H24IN5O7S2/c1-16(24(35)17-8-4-5-12-21(17)38-2)41(36,37)31(14-15-40-27)26-30-29-25(18-9-6-13-22(28-18)39-3)32(26)23-19(33)10-7-11-20(23)34/h4-5,7-8,10-16,24,33-35H,1-3H3/b15-14+/t16-,24-/m0/s1. The number of aromatic nitrogens is 4. The number of aliphatic hydroxyl groups excluding tert-OH is 1. The summed E-state index contributed by atoms with van der Waals surface area (Å²) < 4.78 is 40.7. The molecular formula is C26H24IN5O7S2. The predicted octanol–water partition coefficient (Wildman–Crippen LogP) is 4.17. The smallest absolute Gasteiger partial charge is 0.250 e. The lowest BCUT2D eigenvalue weighted by molar-refractivity contribution is 0.171. The number of halogens is 1. The second-order valence-electron chi connectivity index (χ2n) is 8.33. The number of ether oxygens (including phenoxy) is 2. The van der Waals surface area contributed by atoms with Crippen molar-refractivity contribution in [1.82, 2.24) is 19.7 Å². The Morgan fingerprint density at radius 1 is 1.10 bits per heavy atom. The minimum Gasteiger partial charge on any atom is -0.506 e. The molecule has 0 radical (unpaired) electrons. The van der Waals surface area contributed by atoms with Gasteiger partial charge >= 0.3 is 0 Å². The number of hydrogen-bond donors (Lipinski definition) is 3. The van der Waals surface area contributed by atoms with Crippen LogP contribution in [-0.2, 0) is 10.0 Å². The molecule has 2 heterocycles. The van der Waals surface area contributed by atoms with Gasteiger partial charge in [-0.2, -0.15) is 0 Å². The number of rotatable bonds is 11. The number of anilines is 1.